The Morgan fingerprint density at radius 1 is 1.37 bits per heavy atom. The van der Waals surface area contributed by atoms with Crippen LogP contribution in [0, 0.1) is 5.82 Å². The van der Waals surface area contributed by atoms with Crippen molar-refractivity contribution in [2.75, 3.05) is 18.1 Å². The Hall–Kier alpha value is -1.63. The topological polar surface area (TPSA) is 80.7 Å². The molecule has 0 aliphatic carbocycles. The largest absolute Gasteiger partial charge is 0.493 e. The molecule has 0 saturated carbocycles. The fourth-order valence-corrected chi connectivity index (χ4v) is 2.23. The minimum Gasteiger partial charge on any atom is -0.493 e. The van der Waals surface area contributed by atoms with E-state index in [-0.39, 0.29) is 35.8 Å². The van der Waals surface area contributed by atoms with Crippen molar-refractivity contribution in [1.82, 2.24) is 0 Å². The van der Waals surface area contributed by atoms with Gasteiger partial charge in [0.1, 0.15) is 21.4 Å². The summed E-state index contributed by atoms with van der Waals surface area (Å²) in [6, 6.07) is 3.14. The maximum Gasteiger partial charge on any atom is 0.335 e. The van der Waals surface area contributed by atoms with E-state index in [9.17, 15) is 17.6 Å². The van der Waals surface area contributed by atoms with Gasteiger partial charge in [0.2, 0.25) is 0 Å². The molecule has 0 unspecified atom stereocenters. The molecule has 0 atom stereocenters. The summed E-state index contributed by atoms with van der Waals surface area (Å²) in [5, 5.41) is 8.74. The third kappa shape index (κ3) is 5.25. The first-order valence-corrected chi connectivity index (χ1v) is 7.53. The minimum atomic E-state index is -3.05. The van der Waals surface area contributed by atoms with Crippen LogP contribution < -0.4 is 4.74 Å². The Bertz CT molecular complexity index is 553. The van der Waals surface area contributed by atoms with Crippen molar-refractivity contribution < 1.29 is 27.4 Å². The first-order chi connectivity index (χ1) is 8.84. The molecule has 0 radical (unpaired) electrons. The lowest BCUT2D eigenvalue weighted by atomic mass is 10.2. The normalized spacial score (nSPS) is 11.3. The van der Waals surface area contributed by atoms with Gasteiger partial charge in [-0.05, 0) is 18.6 Å². The van der Waals surface area contributed by atoms with Gasteiger partial charge in [0.25, 0.3) is 0 Å². The molecule has 7 heteroatoms. The summed E-state index contributed by atoms with van der Waals surface area (Å²) < 4.78 is 40.7. The number of aromatic carboxylic acids is 1. The van der Waals surface area contributed by atoms with E-state index in [1.54, 1.807) is 6.92 Å². The zero-order chi connectivity index (χ0) is 14.5. The molecule has 0 heterocycles. The highest BCUT2D eigenvalue weighted by Crippen LogP contribution is 2.16. The van der Waals surface area contributed by atoms with Crippen molar-refractivity contribution >= 4 is 15.8 Å². The fourth-order valence-electron chi connectivity index (χ4n) is 1.38. The summed E-state index contributed by atoms with van der Waals surface area (Å²) in [6.07, 6.45) is 0.273. The summed E-state index contributed by atoms with van der Waals surface area (Å²) in [4.78, 5) is 10.7. The van der Waals surface area contributed by atoms with Gasteiger partial charge in [-0.2, -0.15) is 0 Å². The molecular formula is C12H15FO5S. The molecule has 106 valence electrons. The molecule has 0 aromatic heterocycles. The van der Waals surface area contributed by atoms with Gasteiger partial charge < -0.3 is 9.84 Å². The Labute approximate surface area is 110 Å². The number of carboxylic acid groups (broad SMARTS) is 1. The van der Waals surface area contributed by atoms with Crippen molar-refractivity contribution in [3.8, 4) is 5.75 Å². The van der Waals surface area contributed by atoms with E-state index >= 15 is 0 Å². The van der Waals surface area contributed by atoms with Crippen LogP contribution in [-0.2, 0) is 9.84 Å². The number of benzene rings is 1. The molecule has 0 aliphatic heterocycles. The molecule has 0 saturated heterocycles. The summed E-state index contributed by atoms with van der Waals surface area (Å²) in [5.74, 6) is -1.83. The van der Waals surface area contributed by atoms with Gasteiger partial charge in [-0.1, -0.05) is 6.92 Å². The van der Waals surface area contributed by atoms with Crippen molar-refractivity contribution in [3.05, 3.63) is 29.6 Å². The van der Waals surface area contributed by atoms with Gasteiger partial charge in [-0.25, -0.2) is 17.6 Å². The van der Waals surface area contributed by atoms with E-state index in [1.807, 2.05) is 0 Å². The lowest BCUT2D eigenvalue weighted by Crippen LogP contribution is -2.12. The molecule has 0 fully saturated rings. The van der Waals surface area contributed by atoms with E-state index in [0.29, 0.717) is 0 Å². The second-order valence-corrected chi connectivity index (χ2v) is 6.39. The van der Waals surface area contributed by atoms with E-state index in [2.05, 4.69) is 0 Å². The van der Waals surface area contributed by atoms with Gasteiger partial charge in [-0.15, -0.1) is 0 Å². The number of carboxylic acids is 1. The van der Waals surface area contributed by atoms with Gasteiger partial charge in [0, 0.05) is 11.8 Å². The molecule has 1 N–H and O–H groups in total. The van der Waals surface area contributed by atoms with Crippen molar-refractivity contribution in [3.63, 3.8) is 0 Å². The van der Waals surface area contributed by atoms with Crippen LogP contribution in [0.1, 0.15) is 23.7 Å². The summed E-state index contributed by atoms with van der Waals surface area (Å²) in [6.45, 7) is 1.64. The standard InChI is InChI=1S/C12H15FO5S/c1-2-19(16,17)5-3-4-18-11-7-9(12(14)15)6-10(13)8-11/h6-8H,2-5H2,1H3,(H,14,15). The van der Waals surface area contributed by atoms with Gasteiger partial charge in [0.15, 0.2) is 0 Å². The number of hydrogen-bond acceptors (Lipinski definition) is 4. The SMILES string of the molecule is CCS(=O)(=O)CCCOc1cc(F)cc(C(=O)O)c1. The van der Waals surface area contributed by atoms with Gasteiger partial charge >= 0.3 is 5.97 Å². The fraction of sp³-hybridized carbons (Fsp3) is 0.417. The number of hydrogen-bond donors (Lipinski definition) is 1. The Balaban J connectivity index is 2.57. The molecule has 0 aliphatic rings. The summed E-state index contributed by atoms with van der Waals surface area (Å²) in [5.41, 5.74) is -0.212. The van der Waals surface area contributed by atoms with E-state index in [0.717, 1.165) is 12.1 Å². The molecule has 1 aromatic carbocycles. The van der Waals surface area contributed by atoms with E-state index in [4.69, 9.17) is 9.84 Å². The molecule has 5 nitrogen and oxygen atoms in total. The van der Waals surface area contributed by atoms with Crippen LogP contribution in [0.4, 0.5) is 4.39 Å². The Kier molecular flexibility index (Phi) is 5.29. The molecule has 1 rings (SSSR count). The van der Waals surface area contributed by atoms with Crippen molar-refractivity contribution in [2.45, 2.75) is 13.3 Å². The second-order valence-electron chi connectivity index (χ2n) is 3.92. The van der Waals surface area contributed by atoms with Crippen LogP contribution in [0.25, 0.3) is 0 Å². The maximum absolute atomic E-state index is 13.1. The smallest absolute Gasteiger partial charge is 0.335 e. The Morgan fingerprint density at radius 3 is 2.63 bits per heavy atom. The van der Waals surface area contributed by atoms with Crippen LogP contribution in [0.3, 0.4) is 0 Å². The average Bonchev–Trinajstić information content (AvgIpc) is 2.34. The second kappa shape index (κ2) is 6.51. The number of rotatable bonds is 7. The highest BCUT2D eigenvalue weighted by atomic mass is 32.2. The molecule has 0 amide bonds. The number of carbonyl (C=O) groups is 1. The van der Waals surface area contributed by atoms with Crippen molar-refractivity contribution in [2.24, 2.45) is 0 Å². The van der Waals surface area contributed by atoms with E-state index < -0.39 is 21.6 Å². The lowest BCUT2D eigenvalue weighted by Gasteiger charge is -2.07. The quantitative estimate of drug-likeness (QED) is 0.773. The predicted octanol–water partition coefficient (Wildman–Crippen LogP) is 1.73. The highest BCUT2D eigenvalue weighted by Gasteiger charge is 2.09. The Morgan fingerprint density at radius 2 is 2.05 bits per heavy atom. The third-order valence-corrected chi connectivity index (χ3v) is 4.22. The monoisotopic (exact) mass is 290 g/mol. The third-order valence-electron chi connectivity index (χ3n) is 2.43. The molecule has 0 spiro atoms. The van der Waals surface area contributed by atoms with Gasteiger partial charge in [-0.3, -0.25) is 0 Å². The molecule has 1 aromatic rings. The predicted molar refractivity (Wildman–Crippen MR) is 67.8 cm³/mol. The number of ether oxygens (including phenoxy) is 1. The molecular weight excluding hydrogens is 275 g/mol. The maximum atomic E-state index is 13.1. The summed E-state index contributed by atoms with van der Waals surface area (Å²) >= 11 is 0. The van der Waals surface area contributed by atoms with Crippen LogP contribution in [0.15, 0.2) is 18.2 Å². The first-order valence-electron chi connectivity index (χ1n) is 5.71. The van der Waals surface area contributed by atoms with Crippen LogP contribution in [0.5, 0.6) is 5.75 Å². The van der Waals surface area contributed by atoms with E-state index in [1.165, 1.54) is 6.07 Å². The average molecular weight is 290 g/mol. The number of sulfone groups is 1. The van der Waals surface area contributed by atoms with Gasteiger partial charge in [0.05, 0.1) is 17.9 Å². The molecule has 19 heavy (non-hydrogen) atoms. The van der Waals surface area contributed by atoms with Crippen LogP contribution in [0.2, 0.25) is 0 Å². The lowest BCUT2D eigenvalue weighted by molar-refractivity contribution is 0.0695. The van der Waals surface area contributed by atoms with Crippen LogP contribution >= 0.6 is 0 Å². The zero-order valence-corrected chi connectivity index (χ0v) is 11.2. The first kappa shape index (κ1) is 15.4. The van der Waals surface area contributed by atoms with Crippen LogP contribution in [-0.4, -0.2) is 37.6 Å². The summed E-state index contributed by atoms with van der Waals surface area (Å²) in [7, 11) is -3.05. The zero-order valence-electron chi connectivity index (χ0n) is 10.4. The minimum absolute atomic E-state index is 0.00932. The van der Waals surface area contributed by atoms with Crippen molar-refractivity contribution in [1.29, 1.82) is 0 Å². The highest BCUT2D eigenvalue weighted by molar-refractivity contribution is 7.91. The molecule has 0 bridgehead atoms. The number of halogens is 1.